The van der Waals surface area contributed by atoms with Crippen molar-refractivity contribution in [2.75, 3.05) is 17.2 Å². The Morgan fingerprint density at radius 1 is 1.53 bits per heavy atom. The van der Waals surface area contributed by atoms with Crippen molar-refractivity contribution in [2.45, 2.75) is 13.3 Å². The fraction of sp³-hybridized carbons (Fsp3) is 0.250. The third-order valence-electron chi connectivity index (χ3n) is 2.60. The van der Waals surface area contributed by atoms with Crippen LogP contribution >= 0.6 is 0 Å². The molecule has 0 saturated heterocycles. The minimum absolute atomic E-state index is 0.00847. The van der Waals surface area contributed by atoms with Gasteiger partial charge in [-0.3, -0.25) is 4.79 Å². The van der Waals surface area contributed by atoms with Crippen LogP contribution < -0.4 is 10.6 Å². The molecule has 0 radical (unpaired) electrons. The van der Waals surface area contributed by atoms with Gasteiger partial charge in [0.1, 0.15) is 0 Å². The molecule has 2 N–H and O–H groups in total. The third kappa shape index (κ3) is 1.61. The number of fused-ring (bicyclic) bond motifs is 1. The lowest BCUT2D eigenvalue weighted by Crippen LogP contribution is -2.27. The molecule has 0 aliphatic carbocycles. The second kappa shape index (κ2) is 3.77. The van der Waals surface area contributed by atoms with Crippen molar-refractivity contribution in [1.82, 2.24) is 0 Å². The Kier molecular flexibility index (Phi) is 2.46. The molecule has 0 saturated carbocycles. The van der Waals surface area contributed by atoms with Gasteiger partial charge in [0.05, 0.1) is 11.4 Å². The fourth-order valence-electron chi connectivity index (χ4n) is 1.94. The topological polar surface area (TPSA) is 46.3 Å². The molecule has 1 aromatic rings. The van der Waals surface area contributed by atoms with Crippen LogP contribution in [0, 0.1) is 0 Å². The molecule has 0 atom stereocenters. The Hall–Kier alpha value is -1.77. The predicted molar refractivity (Wildman–Crippen MR) is 61.7 cm³/mol. The van der Waals surface area contributed by atoms with Gasteiger partial charge in [-0.15, -0.1) is 0 Å². The van der Waals surface area contributed by atoms with Crippen LogP contribution in [0.15, 0.2) is 30.4 Å². The number of nitrogens with two attached hydrogens (primary N) is 1. The van der Waals surface area contributed by atoms with Crippen molar-refractivity contribution >= 4 is 17.3 Å². The van der Waals surface area contributed by atoms with Gasteiger partial charge >= 0.3 is 0 Å². The number of nitrogen functional groups attached to an aromatic ring is 1. The second-order valence-corrected chi connectivity index (χ2v) is 3.59. The molecule has 3 heteroatoms. The van der Waals surface area contributed by atoms with Crippen LogP contribution in [0.2, 0.25) is 0 Å². The summed E-state index contributed by atoms with van der Waals surface area (Å²) in [6.07, 6.45) is 4.21. The molecule has 0 bridgehead atoms. The maximum atomic E-state index is 11.7. The summed E-state index contributed by atoms with van der Waals surface area (Å²) in [4.78, 5) is 13.5. The molecule has 1 amide bonds. The van der Waals surface area contributed by atoms with Gasteiger partial charge in [-0.05, 0) is 31.1 Å². The van der Waals surface area contributed by atoms with E-state index in [1.54, 1.807) is 17.1 Å². The normalized spacial score (nSPS) is 14.6. The van der Waals surface area contributed by atoms with Gasteiger partial charge in [0.2, 0.25) is 0 Å². The number of carbonyl (C=O) groups excluding carboxylic acids is 1. The van der Waals surface area contributed by atoms with Crippen LogP contribution in [-0.4, -0.2) is 12.5 Å². The van der Waals surface area contributed by atoms with Crippen molar-refractivity contribution in [1.29, 1.82) is 0 Å². The minimum atomic E-state index is 0.00847. The SMILES string of the molecule is C/C=C/C(=O)N1CCc2cccc(N)c21. The average molecular weight is 202 g/mol. The Morgan fingerprint density at radius 2 is 2.33 bits per heavy atom. The monoisotopic (exact) mass is 202 g/mol. The first-order valence-electron chi connectivity index (χ1n) is 5.05. The van der Waals surface area contributed by atoms with E-state index < -0.39 is 0 Å². The number of carbonyl (C=O) groups is 1. The lowest BCUT2D eigenvalue weighted by molar-refractivity contribution is -0.114. The molecule has 0 unspecified atom stereocenters. The van der Waals surface area contributed by atoms with Crippen LogP contribution in [0.4, 0.5) is 11.4 Å². The highest BCUT2D eigenvalue weighted by Crippen LogP contribution is 2.33. The van der Waals surface area contributed by atoms with Crippen molar-refractivity contribution in [3.63, 3.8) is 0 Å². The lowest BCUT2D eigenvalue weighted by Gasteiger charge is -2.16. The molecule has 0 aromatic heterocycles. The zero-order chi connectivity index (χ0) is 10.8. The van der Waals surface area contributed by atoms with Crippen LogP contribution in [-0.2, 0) is 11.2 Å². The summed E-state index contributed by atoms with van der Waals surface area (Å²) in [5, 5.41) is 0. The molecule has 1 heterocycles. The molecule has 78 valence electrons. The zero-order valence-electron chi connectivity index (χ0n) is 8.73. The van der Waals surface area contributed by atoms with Gasteiger partial charge < -0.3 is 10.6 Å². The number of hydrogen-bond donors (Lipinski definition) is 1. The molecule has 1 aliphatic heterocycles. The summed E-state index contributed by atoms with van der Waals surface area (Å²) < 4.78 is 0. The van der Waals surface area contributed by atoms with Crippen molar-refractivity contribution in [3.8, 4) is 0 Å². The highest BCUT2D eigenvalue weighted by atomic mass is 16.2. The van der Waals surface area contributed by atoms with E-state index in [9.17, 15) is 4.79 Å². The molecule has 3 nitrogen and oxygen atoms in total. The van der Waals surface area contributed by atoms with Crippen molar-refractivity contribution in [2.24, 2.45) is 0 Å². The number of amides is 1. The Balaban J connectivity index is 2.39. The molecule has 0 fully saturated rings. The van der Waals surface area contributed by atoms with E-state index >= 15 is 0 Å². The van der Waals surface area contributed by atoms with Gasteiger partial charge in [-0.2, -0.15) is 0 Å². The number of nitrogens with zero attached hydrogens (tertiary/aromatic N) is 1. The quantitative estimate of drug-likeness (QED) is 0.557. The second-order valence-electron chi connectivity index (χ2n) is 3.59. The predicted octanol–water partition coefficient (Wildman–Crippen LogP) is 1.73. The minimum Gasteiger partial charge on any atom is -0.397 e. The van der Waals surface area contributed by atoms with Gasteiger partial charge in [-0.1, -0.05) is 18.2 Å². The summed E-state index contributed by atoms with van der Waals surface area (Å²) in [5.41, 5.74) is 8.61. The summed E-state index contributed by atoms with van der Waals surface area (Å²) in [5.74, 6) is 0.00847. The highest BCUT2D eigenvalue weighted by molar-refractivity contribution is 6.05. The number of anilines is 2. The lowest BCUT2D eigenvalue weighted by atomic mass is 10.1. The standard InChI is InChI=1S/C12H14N2O/c1-2-4-11(15)14-8-7-9-5-3-6-10(13)12(9)14/h2-6H,7-8,13H2,1H3/b4-2+. The van der Waals surface area contributed by atoms with E-state index in [-0.39, 0.29) is 5.91 Å². The summed E-state index contributed by atoms with van der Waals surface area (Å²) >= 11 is 0. The molecule has 1 aromatic carbocycles. The number of hydrogen-bond acceptors (Lipinski definition) is 2. The molecule has 2 rings (SSSR count). The fourth-order valence-corrected chi connectivity index (χ4v) is 1.94. The molecule has 0 spiro atoms. The maximum absolute atomic E-state index is 11.7. The Labute approximate surface area is 89.2 Å². The van der Waals surface area contributed by atoms with E-state index in [1.165, 1.54) is 0 Å². The van der Waals surface area contributed by atoms with Gasteiger partial charge in [0.25, 0.3) is 5.91 Å². The highest BCUT2D eigenvalue weighted by Gasteiger charge is 2.24. The van der Waals surface area contributed by atoms with E-state index in [1.807, 2.05) is 25.1 Å². The van der Waals surface area contributed by atoms with Crippen LogP contribution in [0.5, 0.6) is 0 Å². The average Bonchev–Trinajstić information content (AvgIpc) is 2.63. The van der Waals surface area contributed by atoms with E-state index in [2.05, 4.69) is 0 Å². The zero-order valence-corrected chi connectivity index (χ0v) is 8.73. The molecular formula is C12H14N2O. The first-order valence-corrected chi connectivity index (χ1v) is 5.05. The Morgan fingerprint density at radius 3 is 3.07 bits per heavy atom. The van der Waals surface area contributed by atoms with Crippen molar-refractivity contribution in [3.05, 3.63) is 35.9 Å². The summed E-state index contributed by atoms with van der Waals surface area (Å²) in [7, 11) is 0. The smallest absolute Gasteiger partial charge is 0.250 e. The summed E-state index contributed by atoms with van der Waals surface area (Å²) in [6, 6.07) is 5.78. The van der Waals surface area contributed by atoms with Gasteiger partial charge in [-0.25, -0.2) is 0 Å². The number of allylic oxidation sites excluding steroid dienone is 1. The molecule has 15 heavy (non-hydrogen) atoms. The van der Waals surface area contributed by atoms with Crippen LogP contribution in [0.25, 0.3) is 0 Å². The van der Waals surface area contributed by atoms with Crippen LogP contribution in [0.1, 0.15) is 12.5 Å². The largest absolute Gasteiger partial charge is 0.397 e. The van der Waals surface area contributed by atoms with E-state index in [0.717, 1.165) is 24.2 Å². The number of benzene rings is 1. The third-order valence-corrected chi connectivity index (χ3v) is 2.60. The van der Waals surface area contributed by atoms with Gasteiger partial charge in [0, 0.05) is 6.54 Å². The first kappa shape index (κ1) is 9.77. The summed E-state index contributed by atoms with van der Waals surface area (Å²) in [6.45, 7) is 2.57. The number of para-hydroxylation sites is 1. The maximum Gasteiger partial charge on any atom is 0.250 e. The van der Waals surface area contributed by atoms with E-state index in [0.29, 0.717) is 5.69 Å². The first-order chi connectivity index (χ1) is 7.24. The molecular weight excluding hydrogens is 188 g/mol. The van der Waals surface area contributed by atoms with Crippen molar-refractivity contribution < 1.29 is 4.79 Å². The number of rotatable bonds is 1. The van der Waals surface area contributed by atoms with Crippen LogP contribution in [0.3, 0.4) is 0 Å². The Bertz CT molecular complexity index is 424. The van der Waals surface area contributed by atoms with E-state index in [4.69, 9.17) is 5.73 Å². The molecule has 1 aliphatic rings. The van der Waals surface area contributed by atoms with Gasteiger partial charge in [0.15, 0.2) is 0 Å².